The Hall–Kier alpha value is -3.55. The third-order valence-corrected chi connectivity index (χ3v) is 4.29. The summed E-state index contributed by atoms with van der Waals surface area (Å²) in [5, 5.41) is 8.01. The lowest BCUT2D eigenvalue weighted by molar-refractivity contribution is -0.121. The summed E-state index contributed by atoms with van der Waals surface area (Å²) < 4.78 is 10.2. The number of amides is 3. The molecule has 0 atom stereocenters. The van der Waals surface area contributed by atoms with Gasteiger partial charge in [-0.1, -0.05) is 24.3 Å². The van der Waals surface area contributed by atoms with Gasteiger partial charge in [-0.3, -0.25) is 9.59 Å². The molecule has 2 aromatic rings. The van der Waals surface area contributed by atoms with Crippen LogP contribution in [-0.2, 0) is 27.3 Å². The van der Waals surface area contributed by atoms with Crippen LogP contribution in [0.3, 0.4) is 0 Å². The number of aryl methyl sites for hydroxylation is 1. The third kappa shape index (κ3) is 9.51. The number of methoxy groups -OCH3 is 1. The number of benzene rings is 2. The van der Waals surface area contributed by atoms with Crippen LogP contribution in [0.25, 0.3) is 0 Å². The highest BCUT2D eigenvalue weighted by Crippen LogP contribution is 2.13. The quantitative estimate of drug-likeness (QED) is 0.553. The largest absolute Gasteiger partial charge is 0.497 e. The Morgan fingerprint density at radius 1 is 0.906 bits per heavy atom. The van der Waals surface area contributed by atoms with Crippen LogP contribution in [0.4, 0.5) is 10.5 Å². The van der Waals surface area contributed by atoms with Crippen molar-refractivity contribution in [2.75, 3.05) is 19.0 Å². The molecular weight excluding hydrogens is 410 g/mol. The maximum Gasteiger partial charge on any atom is 0.408 e. The highest BCUT2D eigenvalue weighted by Gasteiger charge is 2.16. The van der Waals surface area contributed by atoms with Gasteiger partial charge in [-0.15, -0.1) is 0 Å². The molecule has 172 valence electrons. The van der Waals surface area contributed by atoms with Crippen LogP contribution < -0.4 is 20.7 Å². The molecule has 0 saturated heterocycles. The zero-order chi connectivity index (χ0) is 23.6. The molecule has 0 aromatic heterocycles. The smallest absolute Gasteiger partial charge is 0.408 e. The van der Waals surface area contributed by atoms with Gasteiger partial charge < -0.3 is 25.4 Å². The molecule has 0 saturated carbocycles. The average molecular weight is 442 g/mol. The molecule has 0 radical (unpaired) electrons. The van der Waals surface area contributed by atoms with Gasteiger partial charge in [-0.05, 0) is 62.6 Å². The predicted octanol–water partition coefficient (Wildman–Crippen LogP) is 3.41. The number of hydrogen-bond donors (Lipinski definition) is 3. The lowest BCUT2D eigenvalue weighted by atomic mass is 10.1. The summed E-state index contributed by atoms with van der Waals surface area (Å²) in [7, 11) is 1.61. The van der Waals surface area contributed by atoms with Crippen molar-refractivity contribution < 1.29 is 23.9 Å². The Balaban J connectivity index is 1.75. The van der Waals surface area contributed by atoms with E-state index in [4.69, 9.17) is 9.47 Å². The molecule has 0 bridgehead atoms. The van der Waals surface area contributed by atoms with Crippen molar-refractivity contribution >= 4 is 23.6 Å². The fraction of sp³-hybridized carbons (Fsp3) is 0.375. The van der Waals surface area contributed by atoms with Crippen LogP contribution in [0.1, 0.15) is 38.3 Å². The lowest BCUT2D eigenvalue weighted by Gasteiger charge is -2.19. The van der Waals surface area contributed by atoms with E-state index in [1.54, 1.807) is 46.1 Å². The second kappa shape index (κ2) is 11.7. The average Bonchev–Trinajstić information content (AvgIpc) is 2.74. The van der Waals surface area contributed by atoms with Crippen LogP contribution in [-0.4, -0.2) is 37.2 Å². The van der Waals surface area contributed by atoms with Gasteiger partial charge in [0.15, 0.2) is 0 Å². The number of nitrogens with one attached hydrogen (secondary N) is 3. The molecule has 2 aromatic carbocycles. The fourth-order valence-electron chi connectivity index (χ4n) is 2.77. The second-order valence-corrected chi connectivity index (χ2v) is 8.23. The van der Waals surface area contributed by atoms with Crippen LogP contribution in [0.15, 0.2) is 48.5 Å². The summed E-state index contributed by atoms with van der Waals surface area (Å²) in [6.45, 7) is 5.38. The molecule has 3 amide bonds. The normalized spacial score (nSPS) is 10.8. The molecule has 3 N–H and O–H groups in total. The van der Waals surface area contributed by atoms with Crippen LogP contribution >= 0.6 is 0 Å². The van der Waals surface area contributed by atoms with Crippen LogP contribution in [0, 0.1) is 0 Å². The van der Waals surface area contributed by atoms with Gasteiger partial charge in [0.1, 0.15) is 17.9 Å². The molecule has 0 fully saturated rings. The second-order valence-electron chi connectivity index (χ2n) is 8.23. The van der Waals surface area contributed by atoms with Crippen molar-refractivity contribution in [3.05, 3.63) is 59.7 Å². The molecule has 0 aliphatic rings. The standard InChI is InChI=1S/C24H31N3O5/c1-24(2,3)32-23(30)26-16-22(29)27-19-7-5-6-18(14-19)15-25-21(28)13-10-17-8-11-20(31-4)12-9-17/h5-9,11-12,14H,10,13,15-16H2,1-4H3,(H,25,28)(H,26,30)(H,27,29). The van der Waals surface area contributed by atoms with Gasteiger partial charge in [0.25, 0.3) is 0 Å². The number of rotatable bonds is 9. The molecule has 0 heterocycles. The highest BCUT2D eigenvalue weighted by atomic mass is 16.6. The molecule has 0 aliphatic heterocycles. The summed E-state index contributed by atoms with van der Waals surface area (Å²) in [6, 6.07) is 14.8. The van der Waals surface area contributed by atoms with Gasteiger partial charge in [-0.25, -0.2) is 4.79 Å². The van der Waals surface area contributed by atoms with Crippen molar-refractivity contribution in [3.63, 3.8) is 0 Å². The number of hydrogen-bond acceptors (Lipinski definition) is 5. The van der Waals surface area contributed by atoms with Crippen molar-refractivity contribution in [1.82, 2.24) is 10.6 Å². The minimum atomic E-state index is -0.654. The van der Waals surface area contributed by atoms with E-state index in [2.05, 4.69) is 16.0 Å². The Labute approximate surface area is 188 Å². The first-order valence-electron chi connectivity index (χ1n) is 10.4. The zero-order valence-corrected chi connectivity index (χ0v) is 19.0. The molecule has 0 unspecified atom stereocenters. The van der Waals surface area contributed by atoms with E-state index in [0.29, 0.717) is 25.1 Å². The minimum Gasteiger partial charge on any atom is -0.497 e. The third-order valence-electron chi connectivity index (χ3n) is 4.29. The number of alkyl carbamates (subject to hydrolysis) is 1. The summed E-state index contributed by atoms with van der Waals surface area (Å²) in [4.78, 5) is 35.9. The van der Waals surface area contributed by atoms with Crippen LogP contribution in [0.2, 0.25) is 0 Å². The predicted molar refractivity (Wildman–Crippen MR) is 122 cm³/mol. The maximum absolute atomic E-state index is 12.2. The molecule has 0 spiro atoms. The van der Waals surface area contributed by atoms with E-state index in [1.165, 1.54) is 0 Å². The number of anilines is 1. The van der Waals surface area contributed by atoms with Gasteiger partial charge in [0.2, 0.25) is 11.8 Å². The van der Waals surface area contributed by atoms with E-state index < -0.39 is 11.7 Å². The maximum atomic E-state index is 12.2. The summed E-state index contributed by atoms with van der Waals surface area (Å²) in [6.07, 6.45) is 0.356. The van der Waals surface area contributed by atoms with Gasteiger partial charge >= 0.3 is 6.09 Å². The van der Waals surface area contributed by atoms with E-state index >= 15 is 0 Å². The first-order chi connectivity index (χ1) is 15.1. The van der Waals surface area contributed by atoms with Gasteiger partial charge in [0.05, 0.1) is 7.11 Å². The zero-order valence-electron chi connectivity index (χ0n) is 19.0. The first kappa shape index (κ1) is 24.7. The van der Waals surface area contributed by atoms with Crippen molar-refractivity contribution in [1.29, 1.82) is 0 Å². The van der Waals surface area contributed by atoms with Crippen molar-refractivity contribution in [2.45, 2.75) is 45.8 Å². The van der Waals surface area contributed by atoms with E-state index in [0.717, 1.165) is 16.9 Å². The Morgan fingerprint density at radius 2 is 1.62 bits per heavy atom. The topological polar surface area (TPSA) is 106 Å². The van der Waals surface area contributed by atoms with E-state index in [9.17, 15) is 14.4 Å². The van der Waals surface area contributed by atoms with Crippen molar-refractivity contribution in [3.8, 4) is 5.75 Å². The molecular formula is C24H31N3O5. The number of carbonyl (C=O) groups is 3. The van der Waals surface area contributed by atoms with E-state index in [-0.39, 0.29) is 18.4 Å². The lowest BCUT2D eigenvalue weighted by Crippen LogP contribution is -2.37. The Morgan fingerprint density at radius 3 is 2.28 bits per heavy atom. The summed E-state index contributed by atoms with van der Waals surface area (Å²) in [5.41, 5.74) is 1.85. The van der Waals surface area contributed by atoms with Crippen molar-refractivity contribution in [2.24, 2.45) is 0 Å². The molecule has 8 nitrogen and oxygen atoms in total. The van der Waals surface area contributed by atoms with E-state index in [1.807, 2.05) is 30.3 Å². The Kier molecular flexibility index (Phi) is 9.07. The molecule has 2 rings (SSSR count). The summed E-state index contributed by atoms with van der Waals surface area (Å²) >= 11 is 0. The monoisotopic (exact) mass is 441 g/mol. The minimum absolute atomic E-state index is 0.0585. The Bertz CT molecular complexity index is 920. The number of ether oxygens (including phenoxy) is 2. The molecule has 32 heavy (non-hydrogen) atoms. The van der Waals surface area contributed by atoms with Crippen LogP contribution in [0.5, 0.6) is 5.75 Å². The SMILES string of the molecule is COc1ccc(CCC(=O)NCc2cccc(NC(=O)CNC(=O)OC(C)(C)C)c2)cc1. The highest BCUT2D eigenvalue weighted by molar-refractivity contribution is 5.93. The molecule has 0 aliphatic carbocycles. The molecule has 8 heteroatoms. The van der Waals surface area contributed by atoms with Gasteiger partial charge in [0, 0.05) is 18.7 Å². The first-order valence-corrected chi connectivity index (χ1v) is 10.4. The van der Waals surface area contributed by atoms with Gasteiger partial charge in [-0.2, -0.15) is 0 Å². The number of carbonyl (C=O) groups excluding carboxylic acids is 3. The fourth-order valence-corrected chi connectivity index (χ4v) is 2.77. The summed E-state index contributed by atoms with van der Waals surface area (Å²) in [5.74, 6) is 0.346.